The first-order valence-electron chi connectivity index (χ1n) is 11.5. The third kappa shape index (κ3) is 5.67. The van der Waals surface area contributed by atoms with Crippen molar-refractivity contribution in [1.82, 2.24) is 19.7 Å². The number of aromatic nitrogens is 4. The lowest BCUT2D eigenvalue weighted by molar-refractivity contribution is -0.0695. The van der Waals surface area contributed by atoms with E-state index >= 15 is 0 Å². The van der Waals surface area contributed by atoms with Gasteiger partial charge in [-0.05, 0) is 18.4 Å². The van der Waals surface area contributed by atoms with Gasteiger partial charge in [0.2, 0.25) is 23.7 Å². The zero-order valence-electron chi connectivity index (χ0n) is 18.5. The number of hydrogen-bond donors (Lipinski definition) is 1. The van der Waals surface area contributed by atoms with Crippen molar-refractivity contribution in [2.75, 3.05) is 5.32 Å². The highest BCUT2D eigenvalue weighted by Gasteiger charge is 2.35. The van der Waals surface area contributed by atoms with Crippen LogP contribution in [0, 0.1) is 5.95 Å². The first kappa shape index (κ1) is 22.6. The van der Waals surface area contributed by atoms with Crippen molar-refractivity contribution in [3.63, 3.8) is 0 Å². The molecular weight excluding hydrogens is 447 g/mol. The van der Waals surface area contributed by atoms with Crippen molar-refractivity contribution in [2.45, 2.75) is 69.3 Å². The predicted octanol–water partition coefficient (Wildman–Crippen LogP) is 4.92. The van der Waals surface area contributed by atoms with Gasteiger partial charge in [0.05, 0.1) is 12.7 Å². The summed E-state index contributed by atoms with van der Waals surface area (Å²) >= 11 is 0. The fourth-order valence-electron chi connectivity index (χ4n) is 4.16. The lowest BCUT2D eigenvalue weighted by Gasteiger charge is -2.35. The second-order valence-electron chi connectivity index (χ2n) is 8.88. The van der Waals surface area contributed by atoms with Gasteiger partial charge >= 0.3 is 0 Å². The molecule has 34 heavy (non-hydrogen) atoms. The standard InChI is InChI=1S/C24H26F3N5O2/c25-20-8-11-32(31-20)21-14-22(30-23(29-21)28-17-6-9-24(26,27)10-7-17)34-19-12-18(13-19)33-15-16-4-2-1-3-5-16/h1-5,8,11,14,17-19H,6-7,9-10,12-13,15H2,(H,28,29,30). The Hall–Kier alpha value is -3.14. The van der Waals surface area contributed by atoms with E-state index in [9.17, 15) is 13.2 Å². The summed E-state index contributed by atoms with van der Waals surface area (Å²) in [5.41, 5.74) is 1.12. The summed E-state index contributed by atoms with van der Waals surface area (Å²) in [7, 11) is 0. The Morgan fingerprint density at radius 2 is 1.79 bits per heavy atom. The van der Waals surface area contributed by atoms with Gasteiger partial charge in [0.15, 0.2) is 5.82 Å². The van der Waals surface area contributed by atoms with E-state index in [0.29, 0.717) is 31.1 Å². The monoisotopic (exact) mass is 473 g/mol. The fourth-order valence-corrected chi connectivity index (χ4v) is 4.16. The Balaban J connectivity index is 1.23. The van der Waals surface area contributed by atoms with Crippen LogP contribution in [0.25, 0.3) is 5.82 Å². The molecule has 2 aliphatic carbocycles. The summed E-state index contributed by atoms with van der Waals surface area (Å²) < 4.78 is 53.7. The molecule has 10 heteroatoms. The van der Waals surface area contributed by atoms with Gasteiger partial charge in [-0.1, -0.05) is 30.3 Å². The molecule has 0 saturated heterocycles. The van der Waals surface area contributed by atoms with Gasteiger partial charge in [-0.15, -0.1) is 5.10 Å². The van der Waals surface area contributed by atoms with E-state index in [1.165, 1.54) is 16.9 Å². The number of hydrogen-bond acceptors (Lipinski definition) is 6. The van der Waals surface area contributed by atoms with Gasteiger partial charge in [-0.2, -0.15) is 14.4 Å². The molecule has 0 radical (unpaired) electrons. The van der Waals surface area contributed by atoms with E-state index in [0.717, 1.165) is 18.4 Å². The van der Waals surface area contributed by atoms with Crippen LogP contribution in [0.3, 0.4) is 0 Å². The summed E-state index contributed by atoms with van der Waals surface area (Å²) in [6, 6.07) is 12.6. The minimum Gasteiger partial charge on any atom is -0.474 e. The Bertz CT molecular complexity index is 1090. The van der Waals surface area contributed by atoms with Gasteiger partial charge in [-0.25, -0.2) is 13.5 Å². The fraction of sp³-hybridized carbons (Fsp3) is 0.458. The number of nitrogens with zero attached hydrogens (tertiary/aromatic N) is 4. The Kier molecular flexibility index (Phi) is 6.40. The van der Waals surface area contributed by atoms with Gasteiger partial charge in [-0.3, -0.25) is 0 Å². The molecule has 5 rings (SSSR count). The normalized spacial score (nSPS) is 22.2. The number of ether oxygens (including phenoxy) is 2. The maximum atomic E-state index is 13.5. The molecule has 0 spiro atoms. The van der Waals surface area contributed by atoms with Crippen LogP contribution in [0.4, 0.5) is 19.1 Å². The quantitative estimate of drug-likeness (QED) is 0.501. The maximum absolute atomic E-state index is 13.5. The molecule has 1 N–H and O–H groups in total. The lowest BCUT2D eigenvalue weighted by Crippen LogP contribution is -2.39. The average Bonchev–Trinajstić information content (AvgIpc) is 3.24. The molecule has 0 bridgehead atoms. The Labute approximate surface area is 195 Å². The van der Waals surface area contributed by atoms with E-state index in [1.54, 1.807) is 6.07 Å². The first-order chi connectivity index (χ1) is 16.4. The molecule has 0 amide bonds. The van der Waals surface area contributed by atoms with Gasteiger partial charge in [0.25, 0.3) is 0 Å². The average molecular weight is 473 g/mol. The van der Waals surface area contributed by atoms with E-state index < -0.39 is 11.9 Å². The number of halogens is 3. The molecule has 2 aliphatic rings. The van der Waals surface area contributed by atoms with E-state index in [2.05, 4.69) is 20.4 Å². The third-order valence-electron chi connectivity index (χ3n) is 6.20. The molecule has 2 aromatic heterocycles. The second kappa shape index (κ2) is 9.61. The Morgan fingerprint density at radius 3 is 2.50 bits per heavy atom. The summed E-state index contributed by atoms with van der Waals surface area (Å²) in [5, 5.41) is 6.90. The van der Waals surface area contributed by atoms with Gasteiger partial charge < -0.3 is 14.8 Å². The van der Waals surface area contributed by atoms with Crippen molar-refractivity contribution in [3.05, 3.63) is 60.2 Å². The first-order valence-corrected chi connectivity index (χ1v) is 11.5. The van der Waals surface area contributed by atoms with Crippen LogP contribution in [0.2, 0.25) is 0 Å². The smallest absolute Gasteiger partial charge is 0.248 e. The van der Waals surface area contributed by atoms with E-state index in [4.69, 9.17) is 9.47 Å². The molecule has 3 aromatic rings. The van der Waals surface area contributed by atoms with Crippen molar-refractivity contribution in [1.29, 1.82) is 0 Å². The topological polar surface area (TPSA) is 74.1 Å². The van der Waals surface area contributed by atoms with E-state index in [1.807, 2.05) is 30.3 Å². The molecule has 0 atom stereocenters. The SMILES string of the molecule is Fc1ccn(-c2cc(OC3CC(OCc4ccccc4)C3)nc(NC3CCC(F)(F)CC3)n2)n1. The molecule has 2 fully saturated rings. The summed E-state index contributed by atoms with van der Waals surface area (Å²) in [5.74, 6) is -2.37. The van der Waals surface area contributed by atoms with Crippen LogP contribution in [-0.4, -0.2) is 43.9 Å². The number of alkyl halides is 2. The molecule has 0 unspecified atom stereocenters. The number of rotatable bonds is 8. The van der Waals surface area contributed by atoms with Crippen LogP contribution in [-0.2, 0) is 11.3 Å². The molecule has 1 aromatic carbocycles. The zero-order chi connectivity index (χ0) is 23.5. The second-order valence-corrected chi connectivity index (χ2v) is 8.88. The van der Waals surface area contributed by atoms with Crippen LogP contribution in [0.1, 0.15) is 44.1 Å². The highest BCUT2D eigenvalue weighted by atomic mass is 19.3. The van der Waals surface area contributed by atoms with E-state index in [-0.39, 0.29) is 37.0 Å². The van der Waals surface area contributed by atoms with Gasteiger partial charge in [0, 0.05) is 50.1 Å². The maximum Gasteiger partial charge on any atom is 0.248 e. The summed E-state index contributed by atoms with van der Waals surface area (Å²) in [4.78, 5) is 8.82. The zero-order valence-corrected chi connectivity index (χ0v) is 18.5. The largest absolute Gasteiger partial charge is 0.474 e. The minimum atomic E-state index is -2.62. The number of benzene rings is 1. The number of nitrogens with one attached hydrogen (secondary N) is 1. The predicted molar refractivity (Wildman–Crippen MR) is 119 cm³/mol. The van der Waals surface area contributed by atoms with Crippen molar-refractivity contribution in [3.8, 4) is 11.7 Å². The van der Waals surface area contributed by atoms with Crippen molar-refractivity contribution in [2.24, 2.45) is 0 Å². The van der Waals surface area contributed by atoms with Crippen LogP contribution < -0.4 is 10.1 Å². The molecule has 2 heterocycles. The molecule has 2 saturated carbocycles. The van der Waals surface area contributed by atoms with Crippen molar-refractivity contribution >= 4 is 5.95 Å². The van der Waals surface area contributed by atoms with Crippen molar-refractivity contribution < 1.29 is 22.6 Å². The molecule has 180 valence electrons. The lowest BCUT2D eigenvalue weighted by atomic mass is 9.92. The number of anilines is 1. The highest BCUT2D eigenvalue weighted by molar-refractivity contribution is 5.38. The molecule has 7 nitrogen and oxygen atoms in total. The van der Waals surface area contributed by atoms with Crippen LogP contribution in [0.5, 0.6) is 5.88 Å². The summed E-state index contributed by atoms with van der Waals surface area (Å²) in [6.07, 6.45) is 3.21. The Morgan fingerprint density at radius 1 is 1.03 bits per heavy atom. The molecular formula is C24H26F3N5O2. The van der Waals surface area contributed by atoms with Crippen LogP contribution in [0.15, 0.2) is 48.7 Å². The summed E-state index contributed by atoms with van der Waals surface area (Å²) in [6.45, 7) is 0.551. The third-order valence-corrected chi connectivity index (χ3v) is 6.20. The molecule has 0 aliphatic heterocycles. The van der Waals surface area contributed by atoms with Crippen LogP contribution >= 0.6 is 0 Å². The van der Waals surface area contributed by atoms with Gasteiger partial charge in [0.1, 0.15) is 6.10 Å². The minimum absolute atomic E-state index is 0.0703. The highest BCUT2D eigenvalue weighted by Crippen LogP contribution is 2.34.